The number of sulfonamides is 1. The topological polar surface area (TPSA) is 76.9 Å². The molecule has 2 aromatic heterocycles. The number of hydrogen-bond acceptors (Lipinski definition) is 4. The summed E-state index contributed by atoms with van der Waals surface area (Å²) >= 11 is 0. The van der Waals surface area contributed by atoms with Gasteiger partial charge < -0.3 is 0 Å². The van der Waals surface area contributed by atoms with Crippen LogP contribution < -0.4 is 4.72 Å². The Hall–Kier alpha value is -2.74. The molecule has 0 saturated heterocycles. The molecule has 0 aliphatic carbocycles. The van der Waals surface area contributed by atoms with Crippen LogP contribution >= 0.6 is 0 Å². The van der Waals surface area contributed by atoms with Crippen molar-refractivity contribution in [3.8, 4) is 5.69 Å². The van der Waals surface area contributed by atoms with Gasteiger partial charge in [0.25, 0.3) is 10.0 Å². The first-order valence-corrected chi connectivity index (χ1v) is 7.77. The number of aromatic nitrogens is 3. The molecule has 112 valence electrons. The number of benzene rings is 1. The number of nitrogens with one attached hydrogen (secondary N) is 1. The molecule has 0 spiro atoms. The van der Waals surface area contributed by atoms with E-state index in [0.717, 1.165) is 12.1 Å². The van der Waals surface area contributed by atoms with Crippen LogP contribution in [-0.4, -0.2) is 23.2 Å². The molecular formula is C14H11FN4O2S. The van der Waals surface area contributed by atoms with Crippen LogP contribution in [0.15, 0.2) is 66.1 Å². The van der Waals surface area contributed by atoms with Gasteiger partial charge in [-0.15, -0.1) is 0 Å². The van der Waals surface area contributed by atoms with Crippen molar-refractivity contribution in [1.29, 1.82) is 0 Å². The third-order valence-electron chi connectivity index (χ3n) is 2.92. The first-order valence-electron chi connectivity index (χ1n) is 6.29. The molecule has 0 aliphatic heterocycles. The normalized spacial score (nSPS) is 11.3. The van der Waals surface area contributed by atoms with Gasteiger partial charge in [-0.2, -0.15) is 5.10 Å². The van der Waals surface area contributed by atoms with Crippen molar-refractivity contribution in [1.82, 2.24) is 14.8 Å². The summed E-state index contributed by atoms with van der Waals surface area (Å²) in [6, 6.07) is 7.93. The van der Waals surface area contributed by atoms with Crippen molar-refractivity contribution in [3.63, 3.8) is 0 Å². The fraction of sp³-hybridized carbons (Fsp3) is 0. The molecule has 0 atom stereocenters. The Morgan fingerprint density at radius 3 is 2.55 bits per heavy atom. The lowest BCUT2D eigenvalue weighted by atomic mass is 10.3. The van der Waals surface area contributed by atoms with Crippen molar-refractivity contribution in [2.45, 2.75) is 4.90 Å². The smallest absolute Gasteiger partial charge is 0.262 e. The van der Waals surface area contributed by atoms with Crippen LogP contribution in [0.4, 0.5) is 10.1 Å². The second kappa shape index (κ2) is 5.57. The number of anilines is 1. The summed E-state index contributed by atoms with van der Waals surface area (Å²) in [6.45, 7) is 0. The van der Waals surface area contributed by atoms with Crippen LogP contribution in [0.3, 0.4) is 0 Å². The molecule has 0 fully saturated rings. The minimum Gasteiger partial charge on any atom is -0.276 e. The second-order valence-electron chi connectivity index (χ2n) is 4.40. The fourth-order valence-electron chi connectivity index (χ4n) is 1.89. The molecule has 0 aliphatic rings. The largest absolute Gasteiger partial charge is 0.276 e. The Balaban J connectivity index is 1.98. The van der Waals surface area contributed by atoms with Gasteiger partial charge in [0.15, 0.2) is 0 Å². The van der Waals surface area contributed by atoms with Crippen molar-refractivity contribution < 1.29 is 12.8 Å². The molecule has 0 bridgehead atoms. The number of halogens is 1. The molecule has 0 amide bonds. The van der Waals surface area contributed by atoms with Crippen molar-refractivity contribution in [2.24, 2.45) is 0 Å². The zero-order valence-electron chi connectivity index (χ0n) is 11.2. The lowest BCUT2D eigenvalue weighted by Gasteiger charge is -2.12. The lowest BCUT2D eigenvalue weighted by Crippen LogP contribution is -2.15. The quantitative estimate of drug-likeness (QED) is 0.800. The molecule has 0 radical (unpaired) electrons. The van der Waals surface area contributed by atoms with E-state index in [2.05, 4.69) is 14.8 Å². The number of rotatable bonds is 4. The van der Waals surface area contributed by atoms with E-state index < -0.39 is 15.8 Å². The van der Waals surface area contributed by atoms with E-state index in [4.69, 9.17) is 0 Å². The van der Waals surface area contributed by atoms with Crippen molar-refractivity contribution >= 4 is 15.7 Å². The van der Waals surface area contributed by atoms with Crippen LogP contribution in [0.5, 0.6) is 0 Å². The Labute approximate surface area is 126 Å². The average Bonchev–Trinajstić information content (AvgIpc) is 3.02. The van der Waals surface area contributed by atoms with Gasteiger partial charge in [-0.05, 0) is 36.4 Å². The highest BCUT2D eigenvalue weighted by molar-refractivity contribution is 7.92. The monoisotopic (exact) mass is 318 g/mol. The van der Waals surface area contributed by atoms with Gasteiger partial charge in [-0.1, -0.05) is 0 Å². The van der Waals surface area contributed by atoms with Crippen LogP contribution in [-0.2, 0) is 10.0 Å². The summed E-state index contributed by atoms with van der Waals surface area (Å²) in [5.41, 5.74) is 0.807. The van der Waals surface area contributed by atoms with Gasteiger partial charge in [0, 0.05) is 18.6 Å². The summed E-state index contributed by atoms with van der Waals surface area (Å²) in [6.07, 6.45) is 6.19. The number of nitrogens with zero attached hydrogens (tertiary/aromatic N) is 3. The maximum absolute atomic E-state index is 12.9. The molecule has 3 rings (SSSR count). The molecule has 22 heavy (non-hydrogen) atoms. The standard InChI is InChI=1S/C14H11FN4O2S/c15-11-2-4-12(5-3-11)22(20,21)18-13-10-16-8-6-14(13)19-9-1-7-17-19/h1-10,18H. The highest BCUT2D eigenvalue weighted by atomic mass is 32.2. The van der Waals surface area contributed by atoms with E-state index in [9.17, 15) is 12.8 Å². The van der Waals surface area contributed by atoms with Crippen LogP contribution in [0.25, 0.3) is 5.69 Å². The first-order chi connectivity index (χ1) is 10.6. The molecule has 8 heteroatoms. The third-order valence-corrected chi connectivity index (χ3v) is 4.30. The fourth-order valence-corrected chi connectivity index (χ4v) is 2.95. The van der Waals surface area contributed by atoms with Gasteiger partial charge in [-0.3, -0.25) is 9.71 Å². The summed E-state index contributed by atoms with van der Waals surface area (Å²) in [7, 11) is -3.84. The molecule has 1 aromatic carbocycles. The molecule has 0 unspecified atom stereocenters. The summed E-state index contributed by atoms with van der Waals surface area (Å²) in [5, 5.41) is 4.07. The third kappa shape index (κ3) is 2.82. The predicted octanol–water partition coefficient (Wildman–Crippen LogP) is 2.21. The van der Waals surface area contributed by atoms with E-state index >= 15 is 0 Å². The summed E-state index contributed by atoms with van der Waals surface area (Å²) < 4.78 is 41.6. The predicted molar refractivity (Wildman–Crippen MR) is 78.6 cm³/mol. The molecule has 2 heterocycles. The van der Waals surface area contributed by atoms with E-state index in [1.807, 2.05) is 0 Å². The van der Waals surface area contributed by atoms with Crippen molar-refractivity contribution in [2.75, 3.05) is 4.72 Å². The van der Waals surface area contributed by atoms with Gasteiger partial charge in [0.1, 0.15) is 5.82 Å². The summed E-state index contributed by atoms with van der Waals surface area (Å²) in [5.74, 6) is -0.502. The first kappa shape index (κ1) is 14.2. The van der Waals surface area contributed by atoms with Crippen molar-refractivity contribution in [3.05, 3.63) is 67.0 Å². The van der Waals surface area contributed by atoms with Crippen LogP contribution in [0.1, 0.15) is 0 Å². The maximum Gasteiger partial charge on any atom is 0.262 e. The Bertz CT molecular complexity index is 877. The SMILES string of the molecule is O=S(=O)(Nc1cnccc1-n1cccn1)c1ccc(F)cc1. The number of hydrogen-bond donors (Lipinski definition) is 1. The molecule has 3 aromatic rings. The summed E-state index contributed by atoms with van der Waals surface area (Å²) in [4.78, 5) is 3.88. The molecule has 6 nitrogen and oxygen atoms in total. The van der Waals surface area contributed by atoms with Crippen LogP contribution in [0, 0.1) is 5.82 Å². The Morgan fingerprint density at radius 1 is 1.09 bits per heavy atom. The average molecular weight is 318 g/mol. The van der Waals surface area contributed by atoms with Gasteiger partial charge >= 0.3 is 0 Å². The molecular weight excluding hydrogens is 307 g/mol. The Morgan fingerprint density at radius 2 is 1.86 bits per heavy atom. The van der Waals surface area contributed by atoms with E-state index in [1.165, 1.54) is 29.2 Å². The van der Waals surface area contributed by atoms with Crippen LogP contribution in [0.2, 0.25) is 0 Å². The Kier molecular flexibility index (Phi) is 3.60. The zero-order valence-corrected chi connectivity index (χ0v) is 12.0. The highest BCUT2D eigenvalue weighted by Crippen LogP contribution is 2.21. The number of pyridine rings is 1. The minimum atomic E-state index is -3.84. The van der Waals surface area contributed by atoms with Gasteiger partial charge in [0.05, 0.1) is 22.5 Å². The molecule has 1 N–H and O–H groups in total. The lowest BCUT2D eigenvalue weighted by molar-refractivity contribution is 0.599. The zero-order chi connectivity index (χ0) is 15.6. The second-order valence-corrected chi connectivity index (χ2v) is 6.09. The maximum atomic E-state index is 12.9. The van der Waals surface area contributed by atoms with E-state index in [0.29, 0.717) is 5.69 Å². The van der Waals surface area contributed by atoms with E-state index in [1.54, 1.807) is 24.5 Å². The van der Waals surface area contributed by atoms with Gasteiger partial charge in [-0.25, -0.2) is 17.5 Å². The van der Waals surface area contributed by atoms with Gasteiger partial charge in [0.2, 0.25) is 0 Å². The molecule has 0 saturated carbocycles. The van der Waals surface area contributed by atoms with E-state index in [-0.39, 0.29) is 10.6 Å². The minimum absolute atomic E-state index is 0.0378. The highest BCUT2D eigenvalue weighted by Gasteiger charge is 2.17.